The molecule has 1 spiro atoms. The lowest BCUT2D eigenvalue weighted by molar-refractivity contribution is -0.129. The van der Waals surface area contributed by atoms with Crippen LogP contribution < -0.4 is 10.1 Å². The molecule has 8 heteroatoms. The van der Waals surface area contributed by atoms with Crippen molar-refractivity contribution in [2.24, 2.45) is 7.05 Å². The predicted octanol–water partition coefficient (Wildman–Crippen LogP) is 2.71. The van der Waals surface area contributed by atoms with Crippen molar-refractivity contribution in [3.63, 3.8) is 0 Å². The summed E-state index contributed by atoms with van der Waals surface area (Å²) in [5.74, 6) is 0.563. The molecule has 0 bridgehead atoms. The van der Waals surface area contributed by atoms with Crippen LogP contribution in [0.15, 0.2) is 30.5 Å². The van der Waals surface area contributed by atoms with Gasteiger partial charge in [-0.1, -0.05) is 29.8 Å². The summed E-state index contributed by atoms with van der Waals surface area (Å²) in [7, 11) is 3.54. The number of carbonyl (C=O) groups is 2. The van der Waals surface area contributed by atoms with Crippen LogP contribution in [-0.4, -0.2) is 45.7 Å². The first-order chi connectivity index (χ1) is 13.4. The smallest absolute Gasteiger partial charge is 0.273 e. The van der Waals surface area contributed by atoms with E-state index in [2.05, 4.69) is 10.4 Å². The molecule has 0 radical (unpaired) electrons. The van der Waals surface area contributed by atoms with Crippen molar-refractivity contribution in [2.45, 2.75) is 37.3 Å². The maximum Gasteiger partial charge on any atom is 0.273 e. The molecule has 2 aliphatic heterocycles. The molecule has 4 rings (SSSR count). The number of hydrogen-bond acceptors (Lipinski definition) is 4. The predicted molar refractivity (Wildman–Crippen MR) is 104 cm³/mol. The number of aryl methyl sites for hydroxylation is 1. The van der Waals surface area contributed by atoms with Crippen molar-refractivity contribution in [2.75, 3.05) is 13.6 Å². The minimum absolute atomic E-state index is 0.125. The Morgan fingerprint density at radius 3 is 2.86 bits per heavy atom. The number of para-hydroxylation sites is 1. The number of ether oxygens (including phenoxy) is 1. The van der Waals surface area contributed by atoms with Gasteiger partial charge in [-0.05, 0) is 12.5 Å². The van der Waals surface area contributed by atoms with Gasteiger partial charge >= 0.3 is 0 Å². The first-order valence-corrected chi connectivity index (χ1v) is 9.77. The van der Waals surface area contributed by atoms with E-state index in [1.54, 1.807) is 18.1 Å². The number of likely N-dealkylation sites (tertiary alicyclic amines) is 1. The van der Waals surface area contributed by atoms with E-state index in [1.165, 1.54) is 4.68 Å². The largest absolute Gasteiger partial charge is 0.487 e. The van der Waals surface area contributed by atoms with Gasteiger partial charge in [0, 0.05) is 51.7 Å². The van der Waals surface area contributed by atoms with Gasteiger partial charge in [0.05, 0.1) is 11.1 Å². The Morgan fingerprint density at radius 1 is 1.32 bits per heavy atom. The van der Waals surface area contributed by atoms with Gasteiger partial charge in [-0.2, -0.15) is 5.10 Å². The SMILES string of the molecule is CN1CC[C@]2(CCC1=O)C[C@@H](NC(=O)c1nn(C)cc1Cl)c1ccccc1O2. The maximum absolute atomic E-state index is 12.8. The molecule has 0 saturated carbocycles. The van der Waals surface area contributed by atoms with E-state index in [9.17, 15) is 9.59 Å². The molecule has 28 heavy (non-hydrogen) atoms. The molecule has 148 valence electrons. The van der Waals surface area contributed by atoms with Crippen LogP contribution in [0.4, 0.5) is 0 Å². The summed E-state index contributed by atoms with van der Waals surface area (Å²) in [6.07, 6.45) is 3.98. The summed E-state index contributed by atoms with van der Waals surface area (Å²) in [6.45, 7) is 0.633. The number of fused-ring (bicyclic) bond motifs is 1. The molecule has 7 nitrogen and oxygen atoms in total. The number of amides is 2. The third-order valence-corrected chi connectivity index (χ3v) is 5.90. The highest BCUT2D eigenvalue weighted by molar-refractivity contribution is 6.33. The number of hydrogen-bond donors (Lipinski definition) is 1. The van der Waals surface area contributed by atoms with Crippen molar-refractivity contribution in [1.29, 1.82) is 0 Å². The molecule has 1 aromatic heterocycles. The Bertz CT molecular complexity index is 928. The molecule has 3 heterocycles. The lowest BCUT2D eigenvalue weighted by Crippen LogP contribution is -2.46. The topological polar surface area (TPSA) is 76.5 Å². The second-order valence-electron chi connectivity index (χ2n) is 7.62. The summed E-state index contributed by atoms with van der Waals surface area (Å²) < 4.78 is 7.92. The van der Waals surface area contributed by atoms with Gasteiger partial charge in [-0.15, -0.1) is 0 Å². The number of halogens is 1. The molecule has 1 aromatic carbocycles. The number of nitrogens with zero attached hydrogens (tertiary/aromatic N) is 3. The lowest BCUT2D eigenvalue weighted by Gasteiger charge is -2.42. The maximum atomic E-state index is 12.8. The molecule has 1 fully saturated rings. The molecule has 1 N–H and O–H groups in total. The summed E-state index contributed by atoms with van der Waals surface area (Å²) in [5, 5.41) is 7.56. The van der Waals surface area contributed by atoms with Gasteiger partial charge in [0.15, 0.2) is 5.69 Å². The molecule has 2 aliphatic rings. The molecule has 2 aromatic rings. The molecule has 1 saturated heterocycles. The van der Waals surface area contributed by atoms with Crippen molar-refractivity contribution >= 4 is 23.4 Å². The number of aromatic nitrogens is 2. The van der Waals surface area contributed by atoms with Gasteiger partial charge < -0.3 is 15.0 Å². The summed E-state index contributed by atoms with van der Waals surface area (Å²) in [4.78, 5) is 26.7. The van der Waals surface area contributed by atoms with Gasteiger partial charge in [-0.3, -0.25) is 14.3 Å². The fraction of sp³-hybridized carbons (Fsp3) is 0.450. The first-order valence-electron chi connectivity index (χ1n) is 9.39. The van der Waals surface area contributed by atoms with E-state index < -0.39 is 5.60 Å². The number of rotatable bonds is 2. The minimum atomic E-state index is -0.485. The quantitative estimate of drug-likeness (QED) is 0.837. The second-order valence-corrected chi connectivity index (χ2v) is 8.02. The van der Waals surface area contributed by atoms with Crippen molar-refractivity contribution in [1.82, 2.24) is 20.0 Å². The third-order valence-electron chi connectivity index (χ3n) is 5.62. The van der Waals surface area contributed by atoms with Gasteiger partial charge in [0.1, 0.15) is 11.4 Å². The zero-order valence-electron chi connectivity index (χ0n) is 15.9. The zero-order valence-corrected chi connectivity index (χ0v) is 16.7. The van der Waals surface area contributed by atoms with Crippen LogP contribution in [0.1, 0.15) is 47.8 Å². The number of nitrogens with one attached hydrogen (secondary N) is 1. The van der Waals surface area contributed by atoms with Gasteiger partial charge in [-0.25, -0.2) is 0 Å². The number of carbonyl (C=O) groups excluding carboxylic acids is 2. The van der Waals surface area contributed by atoms with Crippen LogP contribution >= 0.6 is 11.6 Å². The molecule has 0 aliphatic carbocycles. The number of benzene rings is 1. The Labute approximate surface area is 168 Å². The molecular formula is C20H23ClN4O3. The average molecular weight is 403 g/mol. The van der Waals surface area contributed by atoms with E-state index in [0.29, 0.717) is 30.8 Å². The Kier molecular flexibility index (Phi) is 4.79. The van der Waals surface area contributed by atoms with Crippen LogP contribution in [0.3, 0.4) is 0 Å². The van der Waals surface area contributed by atoms with Crippen LogP contribution in [0.2, 0.25) is 5.02 Å². The van der Waals surface area contributed by atoms with Crippen LogP contribution in [0, 0.1) is 0 Å². The summed E-state index contributed by atoms with van der Waals surface area (Å²) in [6, 6.07) is 7.48. The van der Waals surface area contributed by atoms with Crippen molar-refractivity contribution in [3.8, 4) is 5.75 Å². The average Bonchev–Trinajstić information content (AvgIpc) is 2.96. The van der Waals surface area contributed by atoms with Crippen molar-refractivity contribution < 1.29 is 14.3 Å². The summed E-state index contributed by atoms with van der Waals surface area (Å²) in [5.41, 5.74) is 0.649. The van der Waals surface area contributed by atoms with Crippen molar-refractivity contribution in [3.05, 3.63) is 46.7 Å². The van der Waals surface area contributed by atoms with E-state index in [-0.39, 0.29) is 23.6 Å². The second kappa shape index (κ2) is 7.13. The van der Waals surface area contributed by atoms with E-state index in [0.717, 1.165) is 17.7 Å². The van der Waals surface area contributed by atoms with Crippen LogP contribution in [-0.2, 0) is 11.8 Å². The lowest BCUT2D eigenvalue weighted by atomic mass is 9.82. The Morgan fingerprint density at radius 2 is 2.11 bits per heavy atom. The fourth-order valence-corrected chi connectivity index (χ4v) is 4.30. The molecule has 0 unspecified atom stereocenters. The van der Waals surface area contributed by atoms with E-state index in [1.807, 2.05) is 31.3 Å². The standard InChI is InChI=1S/C20H23ClN4O3/c1-24-10-9-20(8-7-17(24)26)11-15(13-5-3-4-6-16(13)28-20)22-19(27)18-14(21)12-25(2)23-18/h3-6,12,15H,7-11H2,1-2H3,(H,22,27)/t15-,20-/m1/s1. The molecule has 2 atom stereocenters. The highest BCUT2D eigenvalue weighted by atomic mass is 35.5. The Hall–Kier alpha value is -2.54. The van der Waals surface area contributed by atoms with Gasteiger partial charge in [0.2, 0.25) is 5.91 Å². The molecule has 2 amide bonds. The first kappa shape index (κ1) is 18.8. The van der Waals surface area contributed by atoms with E-state index in [4.69, 9.17) is 16.3 Å². The molecular weight excluding hydrogens is 380 g/mol. The fourth-order valence-electron chi connectivity index (χ4n) is 4.04. The summed E-state index contributed by atoms with van der Waals surface area (Å²) >= 11 is 6.14. The van der Waals surface area contributed by atoms with Crippen LogP contribution in [0.25, 0.3) is 0 Å². The van der Waals surface area contributed by atoms with Crippen LogP contribution in [0.5, 0.6) is 5.75 Å². The normalized spacial score (nSPS) is 24.5. The minimum Gasteiger partial charge on any atom is -0.487 e. The van der Waals surface area contributed by atoms with Gasteiger partial charge in [0.25, 0.3) is 5.91 Å². The Balaban J connectivity index is 1.63. The highest BCUT2D eigenvalue weighted by Gasteiger charge is 2.43. The third kappa shape index (κ3) is 3.46. The zero-order chi connectivity index (χ0) is 19.9. The van der Waals surface area contributed by atoms with E-state index >= 15 is 0 Å². The monoisotopic (exact) mass is 402 g/mol. The highest BCUT2D eigenvalue weighted by Crippen LogP contribution is 2.44.